The lowest BCUT2D eigenvalue weighted by molar-refractivity contribution is -0.184. The van der Waals surface area contributed by atoms with E-state index in [4.69, 9.17) is 9.47 Å². The highest BCUT2D eigenvalue weighted by molar-refractivity contribution is 5.77. The Hall–Kier alpha value is -2.00. The first-order valence-corrected chi connectivity index (χ1v) is 7.95. The maximum Gasteiger partial charge on any atom is 0.405 e. The van der Waals surface area contributed by atoms with Gasteiger partial charge in [0.15, 0.2) is 6.61 Å². The summed E-state index contributed by atoms with van der Waals surface area (Å²) in [6.45, 7) is 0.750. The molecule has 1 heterocycles. The third kappa shape index (κ3) is 6.09. The first-order chi connectivity index (χ1) is 11.9. The smallest absolute Gasteiger partial charge is 0.405 e. The molecule has 0 spiro atoms. The summed E-state index contributed by atoms with van der Waals surface area (Å²) < 4.78 is 49.9. The number of carbonyl (C=O) groups is 1. The second-order valence-corrected chi connectivity index (χ2v) is 5.61. The van der Waals surface area contributed by atoms with Gasteiger partial charge in [0.05, 0.1) is 7.11 Å². The number of hydrogen-bond donors (Lipinski definition) is 2. The van der Waals surface area contributed by atoms with Gasteiger partial charge in [-0.25, -0.2) is 0 Å². The van der Waals surface area contributed by atoms with Crippen molar-refractivity contribution in [1.29, 1.82) is 0 Å². The van der Waals surface area contributed by atoms with Crippen molar-refractivity contribution in [3.8, 4) is 11.5 Å². The quantitative estimate of drug-likeness (QED) is 0.760. The van der Waals surface area contributed by atoms with Crippen molar-refractivity contribution in [2.24, 2.45) is 0 Å². The Bertz CT molecular complexity index is 546. The summed E-state index contributed by atoms with van der Waals surface area (Å²) in [4.78, 5) is 13.1. The van der Waals surface area contributed by atoms with Gasteiger partial charge in [0, 0.05) is 32.7 Å². The fourth-order valence-corrected chi connectivity index (χ4v) is 2.53. The van der Waals surface area contributed by atoms with Gasteiger partial charge in [-0.15, -0.1) is 0 Å². The predicted molar refractivity (Wildman–Crippen MR) is 85.8 cm³/mol. The molecular formula is C16H22F3N3O3. The van der Waals surface area contributed by atoms with Crippen molar-refractivity contribution < 1.29 is 27.4 Å². The number of nitrogens with one attached hydrogen (secondary N) is 2. The Morgan fingerprint density at radius 2 is 1.84 bits per heavy atom. The van der Waals surface area contributed by atoms with Crippen molar-refractivity contribution in [1.82, 2.24) is 15.5 Å². The van der Waals surface area contributed by atoms with E-state index in [-0.39, 0.29) is 6.61 Å². The number of ether oxygens (including phenoxy) is 2. The van der Waals surface area contributed by atoms with Gasteiger partial charge in [-0.3, -0.25) is 9.69 Å². The average molecular weight is 361 g/mol. The first-order valence-electron chi connectivity index (χ1n) is 7.95. The molecule has 1 aliphatic heterocycles. The van der Waals surface area contributed by atoms with Crippen LogP contribution in [0.2, 0.25) is 0 Å². The van der Waals surface area contributed by atoms with Crippen LogP contribution >= 0.6 is 0 Å². The molecule has 1 aliphatic rings. The predicted octanol–water partition coefficient (Wildman–Crippen LogP) is 1.03. The van der Waals surface area contributed by atoms with Crippen LogP contribution in [0.4, 0.5) is 13.2 Å². The Labute approximate surface area is 144 Å². The standard InChI is InChI=1S/C16H22F3N3O3/c1-24-12-2-4-13(5-3-12)25-11-15(23)21-10-14(16(17,18)19)22-8-6-20-7-9-22/h2-5,14,20H,6-11H2,1H3,(H,21,23). The molecule has 6 nitrogen and oxygen atoms in total. The highest BCUT2D eigenvalue weighted by Gasteiger charge is 2.43. The molecule has 0 aliphatic carbocycles. The van der Waals surface area contributed by atoms with E-state index in [2.05, 4.69) is 10.6 Å². The summed E-state index contributed by atoms with van der Waals surface area (Å²) in [5, 5.41) is 5.32. The van der Waals surface area contributed by atoms with Gasteiger partial charge in [-0.2, -0.15) is 13.2 Å². The molecule has 1 atom stereocenters. The van der Waals surface area contributed by atoms with Crippen molar-refractivity contribution in [2.45, 2.75) is 12.2 Å². The van der Waals surface area contributed by atoms with E-state index in [1.54, 1.807) is 24.3 Å². The Morgan fingerprint density at radius 3 is 2.40 bits per heavy atom. The van der Waals surface area contributed by atoms with Gasteiger partial charge in [0.2, 0.25) is 0 Å². The number of piperazine rings is 1. The first kappa shape index (κ1) is 19.3. The summed E-state index contributed by atoms with van der Waals surface area (Å²) in [5.74, 6) is 0.478. The van der Waals surface area contributed by atoms with Crippen LogP contribution in [0.25, 0.3) is 0 Å². The molecule has 2 N–H and O–H groups in total. The van der Waals surface area contributed by atoms with E-state index in [9.17, 15) is 18.0 Å². The number of alkyl halides is 3. The zero-order valence-corrected chi connectivity index (χ0v) is 13.9. The van der Waals surface area contributed by atoms with Gasteiger partial charge in [-0.1, -0.05) is 0 Å². The van der Waals surface area contributed by atoms with Crippen LogP contribution in [0.5, 0.6) is 11.5 Å². The molecular weight excluding hydrogens is 339 g/mol. The summed E-state index contributed by atoms with van der Waals surface area (Å²) in [5.41, 5.74) is 0. The molecule has 1 aromatic rings. The Morgan fingerprint density at radius 1 is 1.24 bits per heavy atom. The molecule has 140 valence electrons. The van der Waals surface area contributed by atoms with E-state index in [0.29, 0.717) is 37.7 Å². The maximum absolute atomic E-state index is 13.2. The number of rotatable bonds is 7. The molecule has 0 aromatic heterocycles. The minimum absolute atomic E-state index is 0.294. The molecule has 0 radical (unpaired) electrons. The van der Waals surface area contributed by atoms with Crippen LogP contribution in [-0.4, -0.2) is 69.5 Å². The van der Waals surface area contributed by atoms with E-state index >= 15 is 0 Å². The van der Waals surface area contributed by atoms with Gasteiger partial charge in [0.25, 0.3) is 5.91 Å². The minimum Gasteiger partial charge on any atom is -0.497 e. The summed E-state index contributed by atoms with van der Waals surface area (Å²) in [6, 6.07) is 4.87. The molecule has 0 bridgehead atoms. The number of halogens is 3. The maximum atomic E-state index is 13.2. The van der Waals surface area contributed by atoms with Gasteiger partial charge in [-0.05, 0) is 24.3 Å². The highest BCUT2D eigenvalue weighted by atomic mass is 19.4. The van der Waals surface area contributed by atoms with Crippen LogP contribution in [0.1, 0.15) is 0 Å². The van der Waals surface area contributed by atoms with Crippen LogP contribution in [0.15, 0.2) is 24.3 Å². The molecule has 1 amide bonds. The number of methoxy groups -OCH3 is 1. The lowest BCUT2D eigenvalue weighted by Gasteiger charge is -2.35. The zero-order valence-electron chi connectivity index (χ0n) is 13.9. The Balaban J connectivity index is 1.81. The van der Waals surface area contributed by atoms with Crippen LogP contribution in [0.3, 0.4) is 0 Å². The highest BCUT2D eigenvalue weighted by Crippen LogP contribution is 2.24. The fraction of sp³-hybridized carbons (Fsp3) is 0.562. The van der Waals surface area contributed by atoms with Crippen molar-refractivity contribution in [3.63, 3.8) is 0 Å². The lowest BCUT2D eigenvalue weighted by atomic mass is 10.2. The number of carbonyl (C=O) groups excluding carboxylic acids is 1. The van der Waals surface area contributed by atoms with Gasteiger partial charge in [0.1, 0.15) is 17.5 Å². The SMILES string of the molecule is COc1ccc(OCC(=O)NCC(N2CCNCC2)C(F)(F)F)cc1. The molecule has 2 rings (SSSR count). The lowest BCUT2D eigenvalue weighted by Crippen LogP contribution is -2.57. The second kappa shape index (κ2) is 8.91. The average Bonchev–Trinajstić information content (AvgIpc) is 2.60. The van der Waals surface area contributed by atoms with Gasteiger partial charge < -0.3 is 20.1 Å². The summed E-state index contributed by atoms with van der Waals surface area (Å²) in [6.07, 6.45) is -4.40. The second-order valence-electron chi connectivity index (χ2n) is 5.61. The van der Waals surface area contributed by atoms with Crippen molar-refractivity contribution in [3.05, 3.63) is 24.3 Å². The van der Waals surface area contributed by atoms with E-state index in [0.717, 1.165) is 0 Å². The molecule has 1 unspecified atom stereocenters. The van der Waals surface area contributed by atoms with E-state index in [1.165, 1.54) is 12.0 Å². The zero-order chi connectivity index (χ0) is 18.3. The van der Waals surface area contributed by atoms with Crippen molar-refractivity contribution >= 4 is 5.91 Å². The third-order valence-corrected chi connectivity index (χ3v) is 3.89. The normalized spacial score (nSPS) is 17.0. The van der Waals surface area contributed by atoms with Crippen LogP contribution in [0, 0.1) is 0 Å². The molecule has 1 fully saturated rings. The molecule has 1 aromatic carbocycles. The van der Waals surface area contributed by atoms with Crippen LogP contribution in [-0.2, 0) is 4.79 Å². The third-order valence-electron chi connectivity index (χ3n) is 3.89. The molecule has 9 heteroatoms. The summed E-state index contributed by atoms with van der Waals surface area (Å²) in [7, 11) is 1.53. The van der Waals surface area contributed by atoms with E-state index < -0.39 is 24.7 Å². The molecule has 1 saturated heterocycles. The molecule has 25 heavy (non-hydrogen) atoms. The summed E-state index contributed by atoms with van der Waals surface area (Å²) >= 11 is 0. The number of hydrogen-bond acceptors (Lipinski definition) is 5. The topological polar surface area (TPSA) is 62.8 Å². The fourth-order valence-electron chi connectivity index (χ4n) is 2.53. The monoisotopic (exact) mass is 361 g/mol. The van der Waals surface area contributed by atoms with E-state index in [1.807, 2.05) is 0 Å². The minimum atomic E-state index is -4.40. The van der Waals surface area contributed by atoms with Crippen LogP contribution < -0.4 is 20.1 Å². The number of benzene rings is 1. The largest absolute Gasteiger partial charge is 0.497 e. The number of nitrogens with zero attached hydrogens (tertiary/aromatic N) is 1. The van der Waals surface area contributed by atoms with Gasteiger partial charge >= 0.3 is 6.18 Å². The van der Waals surface area contributed by atoms with Crippen molar-refractivity contribution in [2.75, 3.05) is 46.4 Å². The Kier molecular flexibility index (Phi) is 6.89. The number of amides is 1. The molecule has 0 saturated carbocycles.